The van der Waals surface area contributed by atoms with Gasteiger partial charge < -0.3 is 10.0 Å². The summed E-state index contributed by atoms with van der Waals surface area (Å²) in [7, 11) is 0. The highest BCUT2D eigenvalue weighted by Crippen LogP contribution is 2.39. The van der Waals surface area contributed by atoms with E-state index < -0.39 is 11.5 Å². The molecule has 2 aliphatic rings. The number of hydrogen-bond donors (Lipinski definition) is 2. The topological polar surface area (TPSA) is 69.6 Å². The molecule has 3 rings (SSSR count). The van der Waals surface area contributed by atoms with Crippen LogP contribution in [0.5, 0.6) is 0 Å². The van der Waals surface area contributed by atoms with Gasteiger partial charge in [0.2, 0.25) is 5.91 Å². The van der Waals surface area contributed by atoms with Gasteiger partial charge in [-0.15, -0.1) is 0 Å². The summed E-state index contributed by atoms with van der Waals surface area (Å²) in [6.07, 6.45) is 5.93. The van der Waals surface area contributed by atoms with E-state index in [2.05, 4.69) is 12.2 Å². The molecule has 1 spiro atoms. The van der Waals surface area contributed by atoms with E-state index in [-0.39, 0.29) is 17.6 Å². The molecule has 0 radical (unpaired) electrons. The standard InChI is InChI=1S/C18H24N2O3/c1-2-12-20-15(13-6-8-14(9-7-13)16(21)22)19-18(17(20)23)10-4-3-5-11-18/h6-9,15,19H,2-5,10-12H2,1H3,(H,21,22). The van der Waals surface area contributed by atoms with Crippen molar-refractivity contribution in [3.63, 3.8) is 0 Å². The number of carboxylic acids is 1. The fourth-order valence-corrected chi connectivity index (χ4v) is 3.85. The van der Waals surface area contributed by atoms with Crippen LogP contribution in [-0.4, -0.2) is 34.0 Å². The number of amides is 1. The molecule has 2 N–H and O–H groups in total. The number of rotatable bonds is 4. The van der Waals surface area contributed by atoms with Gasteiger partial charge in [-0.3, -0.25) is 10.1 Å². The van der Waals surface area contributed by atoms with E-state index in [1.807, 2.05) is 17.0 Å². The Hall–Kier alpha value is -1.88. The minimum absolute atomic E-state index is 0.150. The monoisotopic (exact) mass is 316 g/mol. The lowest BCUT2D eigenvalue weighted by molar-refractivity contribution is -0.134. The third kappa shape index (κ3) is 2.85. The predicted octanol–water partition coefficient (Wildman–Crippen LogP) is 2.93. The van der Waals surface area contributed by atoms with E-state index in [9.17, 15) is 9.59 Å². The lowest BCUT2D eigenvalue weighted by Crippen LogP contribution is -2.48. The second-order valence-electron chi connectivity index (χ2n) is 6.62. The van der Waals surface area contributed by atoms with Gasteiger partial charge in [0.25, 0.3) is 0 Å². The third-order valence-electron chi connectivity index (χ3n) is 5.04. The summed E-state index contributed by atoms with van der Waals surface area (Å²) in [5.74, 6) is -0.715. The molecule has 1 unspecified atom stereocenters. The maximum absolute atomic E-state index is 13.0. The Labute approximate surface area is 136 Å². The normalized spacial score (nSPS) is 23.4. The SMILES string of the molecule is CCCN1C(=O)C2(CCCCC2)NC1c1ccc(C(=O)O)cc1. The molecule has 1 aliphatic carbocycles. The summed E-state index contributed by atoms with van der Waals surface area (Å²) >= 11 is 0. The van der Waals surface area contributed by atoms with Crippen LogP contribution in [0.15, 0.2) is 24.3 Å². The Bertz CT molecular complexity index is 591. The number of benzene rings is 1. The summed E-state index contributed by atoms with van der Waals surface area (Å²) in [5.41, 5.74) is 0.815. The Kier molecular flexibility index (Phi) is 4.39. The van der Waals surface area contributed by atoms with E-state index in [1.165, 1.54) is 6.42 Å². The lowest BCUT2D eigenvalue weighted by Gasteiger charge is -2.31. The number of carbonyl (C=O) groups excluding carboxylic acids is 1. The van der Waals surface area contributed by atoms with Gasteiger partial charge in [0, 0.05) is 6.54 Å². The van der Waals surface area contributed by atoms with Gasteiger partial charge in [-0.2, -0.15) is 0 Å². The lowest BCUT2D eigenvalue weighted by atomic mass is 9.81. The molecule has 1 saturated heterocycles. The maximum atomic E-state index is 13.0. The third-order valence-corrected chi connectivity index (χ3v) is 5.04. The minimum atomic E-state index is -0.929. The van der Waals surface area contributed by atoms with Crippen molar-refractivity contribution in [1.29, 1.82) is 0 Å². The summed E-state index contributed by atoms with van der Waals surface area (Å²) in [6.45, 7) is 2.79. The van der Waals surface area contributed by atoms with Crippen LogP contribution in [0.2, 0.25) is 0 Å². The van der Waals surface area contributed by atoms with Crippen LogP contribution >= 0.6 is 0 Å². The predicted molar refractivity (Wildman–Crippen MR) is 87.1 cm³/mol. The van der Waals surface area contributed by atoms with Crippen LogP contribution in [0.4, 0.5) is 0 Å². The highest BCUT2D eigenvalue weighted by atomic mass is 16.4. The fraction of sp³-hybridized carbons (Fsp3) is 0.556. The molecule has 0 bridgehead atoms. The van der Waals surface area contributed by atoms with Crippen LogP contribution in [0.1, 0.15) is 67.5 Å². The molecule has 124 valence electrons. The van der Waals surface area contributed by atoms with E-state index in [0.717, 1.165) is 44.2 Å². The zero-order valence-electron chi connectivity index (χ0n) is 13.5. The molecule has 5 nitrogen and oxygen atoms in total. The fourth-order valence-electron chi connectivity index (χ4n) is 3.85. The smallest absolute Gasteiger partial charge is 0.335 e. The molecule has 23 heavy (non-hydrogen) atoms. The zero-order chi connectivity index (χ0) is 16.4. The summed E-state index contributed by atoms with van der Waals surface area (Å²) in [6, 6.07) is 6.86. The number of nitrogens with zero attached hydrogens (tertiary/aromatic N) is 1. The van der Waals surface area contributed by atoms with Crippen molar-refractivity contribution < 1.29 is 14.7 Å². The van der Waals surface area contributed by atoms with Crippen LogP contribution in [0.25, 0.3) is 0 Å². The van der Waals surface area contributed by atoms with Gasteiger partial charge >= 0.3 is 5.97 Å². The molecule has 1 aromatic rings. The van der Waals surface area contributed by atoms with Crippen molar-refractivity contribution in [3.05, 3.63) is 35.4 Å². The first-order valence-corrected chi connectivity index (χ1v) is 8.49. The molecule has 1 saturated carbocycles. The number of hydrogen-bond acceptors (Lipinski definition) is 3. The van der Waals surface area contributed by atoms with E-state index >= 15 is 0 Å². The first-order valence-electron chi connectivity index (χ1n) is 8.49. The average molecular weight is 316 g/mol. The highest BCUT2D eigenvalue weighted by molar-refractivity contribution is 5.89. The summed E-state index contributed by atoms with van der Waals surface area (Å²) in [5, 5.41) is 12.6. The zero-order valence-corrected chi connectivity index (χ0v) is 13.5. The Morgan fingerprint density at radius 2 is 1.91 bits per heavy atom. The average Bonchev–Trinajstić information content (AvgIpc) is 2.82. The number of carboxylic acid groups (broad SMARTS) is 1. The van der Waals surface area contributed by atoms with Crippen molar-refractivity contribution in [2.45, 2.75) is 57.2 Å². The molecule has 1 heterocycles. The Morgan fingerprint density at radius 1 is 1.26 bits per heavy atom. The number of aromatic carboxylic acids is 1. The van der Waals surface area contributed by atoms with Crippen molar-refractivity contribution in [2.24, 2.45) is 0 Å². The van der Waals surface area contributed by atoms with E-state index in [0.29, 0.717) is 0 Å². The highest BCUT2D eigenvalue weighted by Gasteiger charge is 2.51. The molecule has 1 aromatic carbocycles. The van der Waals surface area contributed by atoms with Crippen LogP contribution < -0.4 is 5.32 Å². The van der Waals surface area contributed by atoms with Gasteiger partial charge in [0.15, 0.2) is 0 Å². The summed E-state index contributed by atoms with van der Waals surface area (Å²) < 4.78 is 0. The van der Waals surface area contributed by atoms with Gasteiger partial charge in [-0.05, 0) is 37.0 Å². The maximum Gasteiger partial charge on any atom is 0.335 e. The van der Waals surface area contributed by atoms with Crippen molar-refractivity contribution in [2.75, 3.05) is 6.54 Å². The molecular weight excluding hydrogens is 292 g/mol. The molecule has 1 amide bonds. The molecule has 2 fully saturated rings. The minimum Gasteiger partial charge on any atom is -0.478 e. The van der Waals surface area contributed by atoms with Gasteiger partial charge in [-0.25, -0.2) is 4.79 Å². The quantitative estimate of drug-likeness (QED) is 0.896. The van der Waals surface area contributed by atoms with Gasteiger partial charge in [0.1, 0.15) is 6.17 Å². The van der Waals surface area contributed by atoms with E-state index in [4.69, 9.17) is 5.11 Å². The van der Waals surface area contributed by atoms with Crippen molar-refractivity contribution >= 4 is 11.9 Å². The van der Waals surface area contributed by atoms with Gasteiger partial charge in [-0.1, -0.05) is 38.3 Å². The van der Waals surface area contributed by atoms with Crippen molar-refractivity contribution in [3.8, 4) is 0 Å². The first kappa shape index (κ1) is 16.0. The van der Waals surface area contributed by atoms with Crippen molar-refractivity contribution in [1.82, 2.24) is 10.2 Å². The molecule has 1 atom stereocenters. The van der Waals surface area contributed by atoms with Crippen LogP contribution in [0, 0.1) is 0 Å². The van der Waals surface area contributed by atoms with Crippen LogP contribution in [0.3, 0.4) is 0 Å². The Balaban J connectivity index is 1.89. The second-order valence-corrected chi connectivity index (χ2v) is 6.62. The number of nitrogens with one attached hydrogen (secondary N) is 1. The molecule has 0 aromatic heterocycles. The van der Waals surface area contributed by atoms with Gasteiger partial charge in [0.05, 0.1) is 11.1 Å². The summed E-state index contributed by atoms with van der Waals surface area (Å²) in [4.78, 5) is 25.9. The Morgan fingerprint density at radius 3 is 2.48 bits per heavy atom. The molecular formula is C18H24N2O3. The molecule has 5 heteroatoms. The van der Waals surface area contributed by atoms with E-state index in [1.54, 1.807) is 12.1 Å². The second kappa shape index (κ2) is 6.32. The van der Waals surface area contributed by atoms with Crippen LogP contribution in [-0.2, 0) is 4.79 Å². The number of carbonyl (C=O) groups is 2. The largest absolute Gasteiger partial charge is 0.478 e. The first-order chi connectivity index (χ1) is 11.1. The molecule has 1 aliphatic heterocycles.